The maximum atomic E-state index is 12.7. The standard InChI is InChI=1S/C18H22N2O4/c1-19(2)20-13-5-4-6-15(22)18(13)12(10-17(20)23)11-7-8-14(21)16(9-11)24-3/h7-9,12,21H,4-6,10H2,1-3H3/t12-/m1/s1. The van der Waals surface area contributed by atoms with Crippen LogP contribution in [0.3, 0.4) is 0 Å². The number of ether oxygens (including phenoxy) is 1. The largest absolute Gasteiger partial charge is 0.504 e. The van der Waals surface area contributed by atoms with Crippen LogP contribution >= 0.6 is 0 Å². The molecule has 0 spiro atoms. The van der Waals surface area contributed by atoms with Crippen LogP contribution in [0.4, 0.5) is 0 Å². The molecule has 3 rings (SSSR count). The Bertz CT molecular complexity index is 724. The molecule has 24 heavy (non-hydrogen) atoms. The predicted molar refractivity (Wildman–Crippen MR) is 88.4 cm³/mol. The van der Waals surface area contributed by atoms with Gasteiger partial charge in [-0.15, -0.1) is 0 Å². The van der Waals surface area contributed by atoms with Crippen LogP contribution in [0.2, 0.25) is 0 Å². The maximum Gasteiger partial charge on any atom is 0.242 e. The lowest BCUT2D eigenvalue weighted by molar-refractivity contribution is -0.143. The van der Waals surface area contributed by atoms with Gasteiger partial charge in [-0.1, -0.05) is 6.07 Å². The van der Waals surface area contributed by atoms with Crippen molar-refractivity contribution in [2.75, 3.05) is 21.2 Å². The van der Waals surface area contributed by atoms with Gasteiger partial charge in [-0.05, 0) is 30.5 Å². The monoisotopic (exact) mass is 330 g/mol. The van der Waals surface area contributed by atoms with Crippen molar-refractivity contribution >= 4 is 11.7 Å². The smallest absolute Gasteiger partial charge is 0.242 e. The van der Waals surface area contributed by atoms with Crippen LogP contribution in [0.15, 0.2) is 29.5 Å². The highest BCUT2D eigenvalue weighted by Gasteiger charge is 2.40. The molecule has 2 aliphatic rings. The summed E-state index contributed by atoms with van der Waals surface area (Å²) in [5.74, 6) is 0.187. The third-order valence-electron chi connectivity index (χ3n) is 4.65. The molecular formula is C18H22N2O4. The minimum Gasteiger partial charge on any atom is -0.504 e. The number of rotatable bonds is 3. The summed E-state index contributed by atoms with van der Waals surface area (Å²) in [5.41, 5.74) is 2.35. The zero-order valence-electron chi connectivity index (χ0n) is 14.2. The fourth-order valence-corrected chi connectivity index (χ4v) is 3.64. The average molecular weight is 330 g/mol. The number of phenolic OH excluding ortho intramolecular Hbond substituents is 1. The van der Waals surface area contributed by atoms with E-state index in [1.165, 1.54) is 7.11 Å². The summed E-state index contributed by atoms with van der Waals surface area (Å²) >= 11 is 0. The number of ketones is 1. The molecule has 1 N–H and O–H groups in total. The van der Waals surface area contributed by atoms with Gasteiger partial charge in [0, 0.05) is 44.1 Å². The Morgan fingerprint density at radius 1 is 1.25 bits per heavy atom. The van der Waals surface area contributed by atoms with E-state index >= 15 is 0 Å². The van der Waals surface area contributed by atoms with Gasteiger partial charge in [0.25, 0.3) is 0 Å². The first-order chi connectivity index (χ1) is 11.4. The maximum absolute atomic E-state index is 12.7. The van der Waals surface area contributed by atoms with Crippen LogP contribution in [0.1, 0.15) is 37.2 Å². The van der Waals surface area contributed by atoms with Crippen LogP contribution < -0.4 is 4.74 Å². The highest BCUT2D eigenvalue weighted by atomic mass is 16.5. The number of carbonyl (C=O) groups is 2. The van der Waals surface area contributed by atoms with Crippen molar-refractivity contribution in [3.63, 3.8) is 0 Å². The molecule has 0 fully saturated rings. The predicted octanol–water partition coefficient (Wildman–Crippen LogP) is 2.20. The van der Waals surface area contributed by atoms with E-state index in [-0.39, 0.29) is 29.8 Å². The van der Waals surface area contributed by atoms with Crippen molar-refractivity contribution in [1.29, 1.82) is 0 Å². The van der Waals surface area contributed by atoms with Gasteiger partial charge in [0.15, 0.2) is 17.3 Å². The minimum atomic E-state index is -0.286. The van der Waals surface area contributed by atoms with Crippen LogP contribution in [0.5, 0.6) is 11.5 Å². The molecule has 0 saturated heterocycles. The Balaban J connectivity index is 2.12. The Morgan fingerprint density at radius 2 is 2.00 bits per heavy atom. The molecular weight excluding hydrogens is 308 g/mol. The van der Waals surface area contributed by atoms with E-state index in [1.54, 1.807) is 28.2 Å². The summed E-state index contributed by atoms with van der Waals surface area (Å²) in [5, 5.41) is 13.2. The third-order valence-corrected chi connectivity index (χ3v) is 4.65. The first-order valence-corrected chi connectivity index (χ1v) is 8.07. The number of amides is 1. The molecule has 1 heterocycles. The van der Waals surface area contributed by atoms with Crippen molar-refractivity contribution in [1.82, 2.24) is 10.0 Å². The first-order valence-electron chi connectivity index (χ1n) is 8.07. The molecule has 128 valence electrons. The third kappa shape index (κ3) is 2.67. The Labute approximate surface area is 141 Å². The number of hydrogen-bond acceptors (Lipinski definition) is 5. The van der Waals surface area contributed by atoms with E-state index in [0.717, 1.165) is 29.7 Å². The van der Waals surface area contributed by atoms with Gasteiger partial charge in [0.1, 0.15) is 0 Å². The number of benzene rings is 1. The number of Topliss-reactive ketones (excluding diaryl/α,β-unsaturated/α-hetero) is 1. The summed E-state index contributed by atoms with van der Waals surface area (Å²) in [6.45, 7) is 0. The molecule has 0 unspecified atom stereocenters. The van der Waals surface area contributed by atoms with Crippen molar-refractivity contribution in [3.8, 4) is 11.5 Å². The number of nitrogens with zero attached hydrogens (tertiary/aromatic N) is 2. The molecule has 1 aliphatic heterocycles. The summed E-state index contributed by atoms with van der Waals surface area (Å²) in [6.07, 6.45) is 2.23. The highest BCUT2D eigenvalue weighted by molar-refractivity contribution is 6.01. The second kappa shape index (κ2) is 6.28. The lowest BCUT2D eigenvalue weighted by Gasteiger charge is -2.41. The van der Waals surface area contributed by atoms with Crippen molar-refractivity contribution in [2.45, 2.75) is 31.6 Å². The van der Waals surface area contributed by atoms with Crippen LogP contribution in [0, 0.1) is 0 Å². The lowest BCUT2D eigenvalue weighted by Crippen LogP contribution is -2.47. The fraction of sp³-hybridized carbons (Fsp3) is 0.444. The normalized spacial score (nSPS) is 21.3. The first kappa shape index (κ1) is 16.5. The van der Waals surface area contributed by atoms with Gasteiger partial charge in [-0.2, -0.15) is 0 Å². The van der Waals surface area contributed by atoms with E-state index in [2.05, 4.69) is 0 Å². The quantitative estimate of drug-likeness (QED) is 0.920. The summed E-state index contributed by atoms with van der Waals surface area (Å²) in [4.78, 5) is 25.3. The van der Waals surface area contributed by atoms with Crippen molar-refractivity contribution in [2.24, 2.45) is 0 Å². The topological polar surface area (TPSA) is 70.1 Å². The van der Waals surface area contributed by atoms with Gasteiger partial charge < -0.3 is 9.84 Å². The van der Waals surface area contributed by atoms with Gasteiger partial charge in [0.05, 0.1) is 7.11 Å². The summed E-state index contributed by atoms with van der Waals surface area (Å²) in [7, 11) is 5.10. The molecule has 6 nitrogen and oxygen atoms in total. The molecule has 0 radical (unpaired) electrons. The Morgan fingerprint density at radius 3 is 2.67 bits per heavy atom. The second-order valence-electron chi connectivity index (χ2n) is 6.38. The number of hydrazine groups is 1. The van der Waals surface area contributed by atoms with E-state index in [4.69, 9.17) is 4.74 Å². The number of phenols is 1. The molecule has 1 atom stereocenters. The molecule has 0 aromatic heterocycles. The van der Waals surface area contributed by atoms with Crippen molar-refractivity contribution < 1.29 is 19.4 Å². The highest BCUT2D eigenvalue weighted by Crippen LogP contribution is 2.43. The molecule has 1 aromatic rings. The molecule has 0 saturated carbocycles. The molecule has 1 aliphatic carbocycles. The summed E-state index contributed by atoms with van der Waals surface area (Å²) < 4.78 is 5.17. The SMILES string of the molecule is COc1cc([C@H]2CC(=O)N(N(C)C)C3=C2C(=O)CCC3)ccc1O. The van der Waals surface area contributed by atoms with Gasteiger partial charge in [-0.25, -0.2) is 10.0 Å². The molecule has 6 heteroatoms. The van der Waals surface area contributed by atoms with Crippen molar-refractivity contribution in [3.05, 3.63) is 35.0 Å². The number of aromatic hydroxyl groups is 1. The number of methoxy groups -OCH3 is 1. The summed E-state index contributed by atoms with van der Waals surface area (Å²) in [6, 6.07) is 5.02. The van der Waals surface area contributed by atoms with Gasteiger partial charge in [-0.3, -0.25) is 9.59 Å². The zero-order valence-corrected chi connectivity index (χ0v) is 14.2. The second-order valence-corrected chi connectivity index (χ2v) is 6.38. The van der Waals surface area contributed by atoms with E-state index < -0.39 is 0 Å². The molecule has 1 aromatic carbocycles. The molecule has 1 amide bonds. The number of allylic oxidation sites excluding steroid dienone is 2. The van der Waals surface area contributed by atoms with Gasteiger partial charge in [0.2, 0.25) is 5.91 Å². The van der Waals surface area contributed by atoms with Crippen LogP contribution in [0.25, 0.3) is 0 Å². The van der Waals surface area contributed by atoms with Crippen LogP contribution in [-0.2, 0) is 9.59 Å². The van der Waals surface area contributed by atoms with E-state index in [9.17, 15) is 14.7 Å². The van der Waals surface area contributed by atoms with Gasteiger partial charge >= 0.3 is 0 Å². The van der Waals surface area contributed by atoms with E-state index in [0.29, 0.717) is 12.2 Å². The lowest BCUT2D eigenvalue weighted by atomic mass is 9.77. The van der Waals surface area contributed by atoms with E-state index in [1.807, 2.05) is 14.1 Å². The number of hydrogen-bond donors (Lipinski definition) is 1. The fourth-order valence-electron chi connectivity index (χ4n) is 3.64. The zero-order chi connectivity index (χ0) is 17.4. The average Bonchev–Trinajstić information content (AvgIpc) is 2.54. The molecule has 0 bridgehead atoms. The minimum absolute atomic E-state index is 0.0227. The Kier molecular flexibility index (Phi) is 4.32. The number of carbonyl (C=O) groups excluding carboxylic acids is 2. The Hall–Kier alpha value is -2.34. The van der Waals surface area contributed by atoms with Crippen LogP contribution in [-0.4, -0.2) is 48.0 Å².